The Morgan fingerprint density at radius 3 is 2.38 bits per heavy atom. The van der Waals surface area contributed by atoms with Gasteiger partial charge >= 0.3 is 23.5 Å². The van der Waals surface area contributed by atoms with Gasteiger partial charge in [0.2, 0.25) is 5.82 Å². The van der Waals surface area contributed by atoms with E-state index in [1.54, 1.807) is 0 Å². The lowest BCUT2D eigenvalue weighted by Crippen LogP contribution is -2.45. The lowest BCUT2D eigenvalue weighted by molar-refractivity contribution is -0.0917. The molecule has 1 aromatic rings. The normalized spacial score (nSPS) is 29.8. The molecule has 2 rings (SSSR count). The fourth-order valence-corrected chi connectivity index (χ4v) is 5.72. The van der Waals surface area contributed by atoms with Crippen molar-refractivity contribution >= 4 is 35.7 Å². The first-order valence-corrected chi connectivity index (χ1v) is 12.7. The van der Waals surface area contributed by atoms with E-state index in [9.17, 15) is 38.0 Å². The highest BCUT2D eigenvalue weighted by Crippen LogP contribution is 2.66. The Morgan fingerprint density at radius 1 is 1.25 bits per heavy atom. The van der Waals surface area contributed by atoms with Crippen molar-refractivity contribution in [3.8, 4) is 12.3 Å². The standard InChI is InChI=1S/C11H14FN2O14P3S/c1-2-11(4-25-30(21,22)28-31(23,24)27-29(18,19)20)7(16)6(15)9(26-11)14-3-5(12)8(17)13-10(14)32/h1,3,6-7,9,15-16H,4H2,(H,21,22)(H,23,24)(H,13,17,32)(H2,18,19,20)/t6?,7-,9-,11-/m1/s1. The molecule has 0 amide bonds. The predicted octanol–water partition coefficient (Wildman–Crippen LogP) is -0.989. The van der Waals surface area contributed by atoms with Crippen molar-refractivity contribution < 1.29 is 65.8 Å². The molecule has 32 heavy (non-hydrogen) atoms. The molecule has 0 aromatic carbocycles. The van der Waals surface area contributed by atoms with E-state index in [0.29, 0.717) is 10.8 Å². The molecule has 0 saturated carbocycles. The van der Waals surface area contributed by atoms with E-state index in [1.807, 2.05) is 10.9 Å². The molecule has 2 heterocycles. The van der Waals surface area contributed by atoms with Gasteiger partial charge in [-0.1, -0.05) is 5.92 Å². The van der Waals surface area contributed by atoms with E-state index in [0.717, 1.165) is 0 Å². The van der Waals surface area contributed by atoms with Gasteiger partial charge in [-0.15, -0.1) is 6.42 Å². The minimum absolute atomic E-state index is 0.464. The number of rotatable bonds is 8. The number of nitrogens with zero attached hydrogens (tertiary/aromatic N) is 1. The second kappa shape index (κ2) is 9.26. The van der Waals surface area contributed by atoms with Crippen LogP contribution in [0.5, 0.6) is 0 Å². The molecule has 1 aliphatic rings. The zero-order chi connectivity index (χ0) is 24.7. The van der Waals surface area contributed by atoms with Gasteiger partial charge in [0.15, 0.2) is 16.6 Å². The second-order valence-corrected chi connectivity index (χ2v) is 10.8. The van der Waals surface area contributed by atoms with Crippen molar-refractivity contribution in [1.82, 2.24) is 9.55 Å². The highest BCUT2D eigenvalue weighted by molar-refractivity contribution is 7.71. The first-order chi connectivity index (χ1) is 14.4. The number of aromatic amines is 1. The minimum Gasteiger partial charge on any atom is -0.386 e. The summed E-state index contributed by atoms with van der Waals surface area (Å²) in [7, 11) is -17.1. The summed E-state index contributed by atoms with van der Waals surface area (Å²) in [6.45, 7) is -1.32. The van der Waals surface area contributed by atoms with Crippen LogP contribution in [0.2, 0.25) is 0 Å². The highest BCUT2D eigenvalue weighted by Gasteiger charge is 2.56. The lowest BCUT2D eigenvalue weighted by Gasteiger charge is -2.27. The van der Waals surface area contributed by atoms with Crippen LogP contribution in [0.3, 0.4) is 0 Å². The average molecular weight is 542 g/mol. The maximum atomic E-state index is 13.6. The summed E-state index contributed by atoms with van der Waals surface area (Å²) in [6, 6.07) is 0. The molecule has 1 aliphatic heterocycles. The van der Waals surface area contributed by atoms with E-state index in [4.69, 9.17) is 38.1 Å². The molecule has 7 N–H and O–H groups in total. The number of hydrogen-bond acceptors (Lipinski definition) is 11. The Hall–Kier alpha value is -1.12. The van der Waals surface area contributed by atoms with Crippen LogP contribution in [0, 0.1) is 22.9 Å². The molecule has 0 bridgehead atoms. The van der Waals surface area contributed by atoms with Gasteiger partial charge in [-0.25, -0.2) is 13.7 Å². The molecule has 16 nitrogen and oxygen atoms in total. The Morgan fingerprint density at radius 2 is 1.84 bits per heavy atom. The number of hydrogen-bond donors (Lipinski definition) is 7. The molecule has 1 fully saturated rings. The summed E-state index contributed by atoms with van der Waals surface area (Å²) in [5.74, 6) is 0.480. The number of nitrogens with one attached hydrogen (secondary N) is 1. The van der Waals surface area contributed by atoms with Gasteiger partial charge < -0.3 is 34.5 Å². The largest absolute Gasteiger partial charge is 0.490 e. The molecule has 6 atom stereocenters. The number of phosphoric acid groups is 3. The monoisotopic (exact) mass is 542 g/mol. The fourth-order valence-electron chi connectivity index (χ4n) is 2.42. The van der Waals surface area contributed by atoms with Gasteiger partial charge in [-0.05, 0) is 12.2 Å². The second-order valence-electron chi connectivity index (χ2n) is 5.99. The molecular formula is C11H14FN2O14P3S. The quantitative estimate of drug-likeness (QED) is 0.118. The number of aliphatic hydroxyl groups is 2. The van der Waals surface area contributed by atoms with E-state index in [1.165, 1.54) is 0 Å². The fraction of sp³-hybridized carbons (Fsp3) is 0.455. The summed E-state index contributed by atoms with van der Waals surface area (Å²) in [5.41, 5.74) is -3.66. The van der Waals surface area contributed by atoms with Gasteiger partial charge in [0.1, 0.15) is 18.8 Å². The van der Waals surface area contributed by atoms with Crippen molar-refractivity contribution in [3.05, 3.63) is 27.1 Å². The van der Waals surface area contributed by atoms with Gasteiger partial charge in [0.25, 0.3) is 5.56 Å². The van der Waals surface area contributed by atoms with E-state index in [-0.39, 0.29) is 0 Å². The minimum atomic E-state index is -5.83. The Bertz CT molecular complexity index is 1190. The maximum absolute atomic E-state index is 13.6. The molecule has 0 aliphatic carbocycles. The SMILES string of the molecule is C#C[C@]1(COP(=O)(O)OP(=O)(O)OP(=O)(O)O)O[C@@H](n2cc(F)c(=O)[nH]c2=S)C(O)[C@H]1O. The Kier molecular flexibility index (Phi) is 7.85. The first-order valence-electron chi connectivity index (χ1n) is 7.73. The number of aliphatic hydroxyl groups excluding tert-OH is 2. The van der Waals surface area contributed by atoms with Crippen LogP contribution in [-0.2, 0) is 31.6 Å². The first kappa shape index (κ1) is 27.1. The van der Waals surface area contributed by atoms with E-state index >= 15 is 0 Å². The molecule has 21 heteroatoms. The zero-order valence-corrected chi connectivity index (χ0v) is 18.6. The van der Waals surface area contributed by atoms with Gasteiger partial charge in [-0.2, -0.15) is 13.0 Å². The molecule has 180 valence electrons. The zero-order valence-electron chi connectivity index (χ0n) is 15.1. The molecular weight excluding hydrogens is 528 g/mol. The summed E-state index contributed by atoms with van der Waals surface area (Å²) in [6.07, 6.45) is -0.0259. The third-order valence-corrected chi connectivity index (χ3v) is 7.82. The predicted molar refractivity (Wildman–Crippen MR) is 99.4 cm³/mol. The van der Waals surface area contributed by atoms with Crippen molar-refractivity contribution in [3.63, 3.8) is 0 Å². The number of ether oxygens (including phenoxy) is 1. The third kappa shape index (κ3) is 6.26. The van der Waals surface area contributed by atoms with Gasteiger partial charge in [-0.3, -0.25) is 18.9 Å². The van der Waals surface area contributed by atoms with Crippen molar-refractivity contribution in [2.24, 2.45) is 0 Å². The highest BCUT2D eigenvalue weighted by atomic mass is 32.1. The van der Waals surface area contributed by atoms with E-state index in [2.05, 4.69) is 13.1 Å². The topological polar surface area (TPSA) is 247 Å². The van der Waals surface area contributed by atoms with Crippen LogP contribution >= 0.6 is 35.7 Å². The third-order valence-electron chi connectivity index (χ3n) is 3.73. The van der Waals surface area contributed by atoms with Crippen molar-refractivity contribution in [2.75, 3.05) is 6.61 Å². The smallest absolute Gasteiger partial charge is 0.386 e. The average Bonchev–Trinajstić information content (AvgIpc) is 2.85. The van der Waals surface area contributed by atoms with Gasteiger partial charge in [0, 0.05) is 0 Å². The number of aromatic nitrogens is 2. The molecule has 1 saturated heterocycles. The van der Waals surface area contributed by atoms with E-state index < -0.39 is 70.3 Å². The van der Waals surface area contributed by atoms with Crippen LogP contribution in [0.4, 0.5) is 4.39 Å². The summed E-state index contributed by atoms with van der Waals surface area (Å²) >= 11 is 4.81. The Balaban J connectivity index is 2.26. The van der Waals surface area contributed by atoms with Crippen molar-refractivity contribution in [2.45, 2.75) is 24.0 Å². The molecule has 0 spiro atoms. The lowest BCUT2D eigenvalue weighted by atomic mass is 9.97. The Labute approximate surface area is 181 Å². The van der Waals surface area contributed by atoms with Crippen LogP contribution in [0.1, 0.15) is 6.23 Å². The van der Waals surface area contributed by atoms with Crippen LogP contribution < -0.4 is 5.56 Å². The van der Waals surface area contributed by atoms with Gasteiger partial charge in [0.05, 0.1) is 6.20 Å². The molecule has 0 radical (unpaired) electrons. The number of phosphoric ester groups is 1. The van der Waals surface area contributed by atoms with Crippen molar-refractivity contribution in [1.29, 1.82) is 0 Å². The summed E-state index contributed by atoms with van der Waals surface area (Å²) in [5, 5.41) is 20.5. The summed E-state index contributed by atoms with van der Waals surface area (Å²) in [4.78, 5) is 48.8. The van der Waals surface area contributed by atoms with Crippen LogP contribution in [-0.4, -0.2) is 63.8 Å². The molecule has 1 aromatic heterocycles. The number of terminal acetylenes is 1. The number of halogens is 1. The molecule has 3 unspecified atom stereocenters. The van der Waals surface area contributed by atoms with Crippen LogP contribution in [0.25, 0.3) is 0 Å². The number of H-pyrrole nitrogens is 1. The summed E-state index contributed by atoms with van der Waals surface area (Å²) < 4.78 is 64.3. The maximum Gasteiger partial charge on any atom is 0.490 e. The van der Waals surface area contributed by atoms with Crippen LogP contribution in [0.15, 0.2) is 11.0 Å².